The summed E-state index contributed by atoms with van der Waals surface area (Å²) in [7, 11) is -2.72. The molecule has 17 heavy (non-hydrogen) atoms. The average molecular weight is 260 g/mol. The summed E-state index contributed by atoms with van der Waals surface area (Å²) in [5.74, 6) is 0.728. The molecule has 2 aliphatic heterocycles. The molecule has 2 aliphatic rings. The monoisotopic (exact) mass is 260 g/mol. The molecule has 100 valence electrons. The minimum Gasteiger partial charge on any atom is -0.312 e. The van der Waals surface area contributed by atoms with Gasteiger partial charge in [-0.1, -0.05) is 0 Å². The maximum absolute atomic E-state index is 11.3. The average Bonchev–Trinajstić information content (AvgIpc) is 2.80. The van der Waals surface area contributed by atoms with Crippen LogP contribution < -0.4 is 5.32 Å². The lowest BCUT2D eigenvalue weighted by molar-refractivity contribution is 0.243. The zero-order chi connectivity index (χ0) is 12.3. The van der Waals surface area contributed by atoms with E-state index in [1.807, 2.05) is 0 Å². The van der Waals surface area contributed by atoms with Crippen LogP contribution in [0.4, 0.5) is 0 Å². The molecule has 1 N–H and O–H groups in total. The zero-order valence-electron chi connectivity index (χ0n) is 10.7. The van der Waals surface area contributed by atoms with Crippen LogP contribution in [0.5, 0.6) is 0 Å². The fourth-order valence-electron chi connectivity index (χ4n) is 2.74. The molecule has 0 aliphatic carbocycles. The van der Waals surface area contributed by atoms with Gasteiger partial charge in [0.05, 0.1) is 11.5 Å². The molecule has 0 radical (unpaired) electrons. The molecule has 2 rings (SSSR count). The first kappa shape index (κ1) is 13.3. The fraction of sp³-hybridized carbons (Fsp3) is 1.00. The Balaban J connectivity index is 1.68. The van der Waals surface area contributed by atoms with E-state index in [1.165, 1.54) is 25.9 Å². The highest BCUT2D eigenvalue weighted by Crippen LogP contribution is 2.14. The molecule has 0 spiro atoms. The summed E-state index contributed by atoms with van der Waals surface area (Å²) in [6.45, 7) is 5.70. The van der Waals surface area contributed by atoms with Crippen molar-refractivity contribution in [1.29, 1.82) is 0 Å². The van der Waals surface area contributed by atoms with E-state index in [-0.39, 0.29) is 0 Å². The highest BCUT2D eigenvalue weighted by atomic mass is 32.2. The van der Waals surface area contributed by atoms with Gasteiger partial charge in [0.1, 0.15) is 9.84 Å². The van der Waals surface area contributed by atoms with Gasteiger partial charge in [-0.15, -0.1) is 0 Å². The molecule has 2 heterocycles. The second-order valence-electron chi connectivity index (χ2n) is 5.43. The van der Waals surface area contributed by atoms with Gasteiger partial charge in [0, 0.05) is 18.6 Å². The Labute approximate surface area is 105 Å². The number of likely N-dealkylation sites (tertiary alicyclic amines) is 1. The van der Waals surface area contributed by atoms with Crippen molar-refractivity contribution in [2.45, 2.75) is 44.7 Å². The van der Waals surface area contributed by atoms with Crippen molar-refractivity contribution >= 4 is 9.84 Å². The van der Waals surface area contributed by atoms with Crippen LogP contribution in [0.1, 0.15) is 32.6 Å². The molecule has 1 atom stereocenters. The molecular formula is C12H24N2O2S. The van der Waals surface area contributed by atoms with E-state index >= 15 is 0 Å². The van der Waals surface area contributed by atoms with Crippen molar-refractivity contribution in [1.82, 2.24) is 10.2 Å². The number of hydrogen-bond acceptors (Lipinski definition) is 4. The maximum atomic E-state index is 11.3. The summed E-state index contributed by atoms with van der Waals surface area (Å²) in [5, 5.41) is 3.53. The Hall–Kier alpha value is -0.130. The van der Waals surface area contributed by atoms with E-state index in [1.54, 1.807) is 0 Å². The van der Waals surface area contributed by atoms with Crippen molar-refractivity contribution in [3.05, 3.63) is 0 Å². The van der Waals surface area contributed by atoms with Crippen LogP contribution in [0, 0.1) is 0 Å². The Morgan fingerprint density at radius 3 is 2.41 bits per heavy atom. The molecular weight excluding hydrogens is 236 g/mol. The second kappa shape index (κ2) is 5.67. The largest absolute Gasteiger partial charge is 0.312 e. The van der Waals surface area contributed by atoms with E-state index in [0.29, 0.717) is 23.6 Å². The van der Waals surface area contributed by atoms with Gasteiger partial charge >= 0.3 is 0 Å². The molecule has 2 saturated heterocycles. The van der Waals surface area contributed by atoms with E-state index in [9.17, 15) is 8.42 Å². The standard InChI is InChI=1S/C12H24N2O2S/c1-11(14-6-2-3-7-14)10-13-12-4-8-17(15,16)9-5-12/h11-13H,2-10H2,1H3. The summed E-state index contributed by atoms with van der Waals surface area (Å²) in [5.41, 5.74) is 0. The highest BCUT2D eigenvalue weighted by molar-refractivity contribution is 7.91. The predicted molar refractivity (Wildman–Crippen MR) is 69.9 cm³/mol. The summed E-state index contributed by atoms with van der Waals surface area (Å²) >= 11 is 0. The first-order valence-corrected chi connectivity index (χ1v) is 8.57. The Bertz CT molecular complexity index is 322. The SMILES string of the molecule is CC(CNC1CCS(=O)(=O)CC1)N1CCCC1. The molecule has 0 amide bonds. The van der Waals surface area contributed by atoms with E-state index in [4.69, 9.17) is 0 Å². The summed E-state index contributed by atoms with van der Waals surface area (Å²) in [4.78, 5) is 2.52. The third-order valence-corrected chi connectivity index (χ3v) is 5.74. The van der Waals surface area contributed by atoms with Crippen molar-refractivity contribution < 1.29 is 8.42 Å². The van der Waals surface area contributed by atoms with E-state index in [2.05, 4.69) is 17.1 Å². The topological polar surface area (TPSA) is 49.4 Å². The van der Waals surface area contributed by atoms with Crippen LogP contribution in [0.2, 0.25) is 0 Å². The maximum Gasteiger partial charge on any atom is 0.150 e. The van der Waals surface area contributed by atoms with Crippen LogP contribution in [0.3, 0.4) is 0 Å². The molecule has 1 unspecified atom stereocenters. The van der Waals surface area contributed by atoms with Gasteiger partial charge in [-0.25, -0.2) is 8.42 Å². The first-order valence-electron chi connectivity index (χ1n) is 6.75. The molecule has 5 heteroatoms. The van der Waals surface area contributed by atoms with Gasteiger partial charge in [-0.2, -0.15) is 0 Å². The minimum absolute atomic E-state index is 0.364. The van der Waals surface area contributed by atoms with Crippen molar-refractivity contribution in [3.8, 4) is 0 Å². The minimum atomic E-state index is -2.72. The second-order valence-corrected chi connectivity index (χ2v) is 7.73. The van der Waals surface area contributed by atoms with Crippen LogP contribution in [0.15, 0.2) is 0 Å². The van der Waals surface area contributed by atoms with Crippen molar-refractivity contribution in [2.24, 2.45) is 0 Å². The number of rotatable bonds is 4. The smallest absolute Gasteiger partial charge is 0.150 e. The van der Waals surface area contributed by atoms with Crippen LogP contribution >= 0.6 is 0 Å². The summed E-state index contributed by atoms with van der Waals surface area (Å²) in [6, 6.07) is 0.986. The van der Waals surface area contributed by atoms with E-state index < -0.39 is 9.84 Å². The Morgan fingerprint density at radius 2 is 1.82 bits per heavy atom. The predicted octanol–water partition coefficient (Wildman–Crippen LogP) is 0.638. The van der Waals surface area contributed by atoms with Gasteiger partial charge in [0.15, 0.2) is 0 Å². The third kappa shape index (κ3) is 3.93. The normalized spacial score (nSPS) is 28.3. The van der Waals surface area contributed by atoms with Gasteiger partial charge in [-0.3, -0.25) is 4.90 Å². The van der Waals surface area contributed by atoms with Crippen molar-refractivity contribution in [3.63, 3.8) is 0 Å². The highest BCUT2D eigenvalue weighted by Gasteiger charge is 2.24. The Kier molecular flexibility index (Phi) is 4.44. The summed E-state index contributed by atoms with van der Waals surface area (Å²) < 4.78 is 22.6. The molecule has 4 nitrogen and oxygen atoms in total. The number of hydrogen-bond donors (Lipinski definition) is 1. The lowest BCUT2D eigenvalue weighted by atomic mass is 10.1. The third-order valence-electron chi connectivity index (χ3n) is 4.02. The Morgan fingerprint density at radius 1 is 1.24 bits per heavy atom. The van der Waals surface area contributed by atoms with Gasteiger partial charge < -0.3 is 5.32 Å². The quantitative estimate of drug-likeness (QED) is 0.806. The van der Waals surface area contributed by atoms with Crippen LogP contribution in [0.25, 0.3) is 0 Å². The molecule has 0 aromatic carbocycles. The lowest BCUT2D eigenvalue weighted by Crippen LogP contribution is -2.44. The molecule has 0 bridgehead atoms. The van der Waals surface area contributed by atoms with Crippen LogP contribution in [-0.4, -0.2) is 56.5 Å². The van der Waals surface area contributed by atoms with Gasteiger partial charge in [0.25, 0.3) is 0 Å². The first-order chi connectivity index (χ1) is 8.07. The molecule has 0 aromatic rings. The molecule has 0 aromatic heterocycles. The number of nitrogens with zero attached hydrogens (tertiary/aromatic N) is 1. The molecule has 0 saturated carbocycles. The molecule has 2 fully saturated rings. The van der Waals surface area contributed by atoms with E-state index in [0.717, 1.165) is 19.4 Å². The van der Waals surface area contributed by atoms with Gasteiger partial charge in [-0.05, 0) is 45.7 Å². The summed E-state index contributed by atoms with van der Waals surface area (Å²) in [6.07, 6.45) is 4.22. The fourth-order valence-corrected chi connectivity index (χ4v) is 4.23. The van der Waals surface area contributed by atoms with Gasteiger partial charge in [0.2, 0.25) is 0 Å². The van der Waals surface area contributed by atoms with Crippen LogP contribution in [-0.2, 0) is 9.84 Å². The van der Waals surface area contributed by atoms with Crippen molar-refractivity contribution in [2.75, 3.05) is 31.1 Å². The lowest BCUT2D eigenvalue weighted by Gasteiger charge is -2.28. The number of sulfone groups is 1. The zero-order valence-corrected chi connectivity index (χ0v) is 11.5. The number of nitrogens with one attached hydrogen (secondary N) is 1.